The maximum absolute atomic E-state index is 12.0. The van der Waals surface area contributed by atoms with Gasteiger partial charge in [-0.15, -0.1) is 0 Å². The number of nitrogens with zero attached hydrogens (tertiary/aromatic N) is 3. The van der Waals surface area contributed by atoms with Gasteiger partial charge in [0.05, 0.1) is 22.1 Å². The molecule has 88 valence electrons. The van der Waals surface area contributed by atoms with E-state index in [1.807, 2.05) is 35.6 Å². The van der Waals surface area contributed by atoms with Gasteiger partial charge in [0.25, 0.3) is 5.56 Å². The fraction of sp³-hybridized carbons (Fsp3) is 0.182. The minimum Gasteiger partial charge on any atom is -0.383 e. The zero-order valence-electron chi connectivity index (χ0n) is 9.22. The summed E-state index contributed by atoms with van der Waals surface area (Å²) < 4.78 is 2.16. The van der Waals surface area contributed by atoms with E-state index in [0.717, 1.165) is 11.3 Å². The zero-order chi connectivity index (χ0) is 12.4. The molecule has 0 saturated carbocycles. The van der Waals surface area contributed by atoms with Crippen molar-refractivity contribution in [3.8, 4) is 0 Å². The first-order valence-electron chi connectivity index (χ1n) is 5.00. The molecule has 0 aromatic carbocycles. The van der Waals surface area contributed by atoms with Crippen LogP contribution in [0.25, 0.3) is 0 Å². The Labute approximate surface area is 112 Å². The minimum atomic E-state index is -0.0543. The van der Waals surface area contributed by atoms with Crippen molar-refractivity contribution < 1.29 is 0 Å². The van der Waals surface area contributed by atoms with Crippen LogP contribution in [0.2, 0.25) is 0 Å². The number of nitrogen functional groups attached to an aromatic ring is 1. The van der Waals surface area contributed by atoms with Crippen molar-refractivity contribution in [3.05, 3.63) is 49.8 Å². The maximum Gasteiger partial charge on any atom is 0.267 e. The van der Waals surface area contributed by atoms with Gasteiger partial charge in [0.2, 0.25) is 0 Å². The molecule has 2 rings (SSSR count). The highest BCUT2D eigenvalue weighted by molar-refractivity contribution is 14.1. The van der Waals surface area contributed by atoms with E-state index < -0.39 is 0 Å². The average molecular weight is 342 g/mol. The largest absolute Gasteiger partial charge is 0.383 e. The molecule has 0 aliphatic carbocycles. The normalized spacial score (nSPS) is 10.5. The van der Waals surface area contributed by atoms with E-state index in [1.54, 1.807) is 12.3 Å². The third kappa shape index (κ3) is 2.46. The molecule has 2 aromatic rings. The van der Waals surface area contributed by atoms with Crippen molar-refractivity contribution in [1.82, 2.24) is 14.5 Å². The lowest BCUT2D eigenvalue weighted by Gasteiger charge is -2.08. The zero-order valence-corrected chi connectivity index (χ0v) is 11.4. The van der Waals surface area contributed by atoms with Crippen molar-refractivity contribution in [2.45, 2.75) is 13.5 Å². The van der Waals surface area contributed by atoms with Crippen molar-refractivity contribution in [1.29, 1.82) is 0 Å². The second kappa shape index (κ2) is 4.82. The van der Waals surface area contributed by atoms with Crippen LogP contribution in [0.5, 0.6) is 0 Å². The molecule has 0 spiro atoms. The molecule has 0 aliphatic rings. The molecule has 2 N–H and O–H groups in total. The Kier molecular flexibility index (Phi) is 3.41. The lowest BCUT2D eigenvalue weighted by Crippen LogP contribution is -2.25. The van der Waals surface area contributed by atoms with E-state index in [-0.39, 0.29) is 5.56 Å². The first kappa shape index (κ1) is 12.0. The second-order valence-corrected chi connectivity index (χ2v) is 4.70. The Hall–Kier alpha value is -1.44. The monoisotopic (exact) mass is 342 g/mol. The quantitative estimate of drug-likeness (QED) is 0.832. The van der Waals surface area contributed by atoms with Crippen LogP contribution >= 0.6 is 22.6 Å². The van der Waals surface area contributed by atoms with Gasteiger partial charge in [0, 0.05) is 11.8 Å². The number of halogens is 1. The molecule has 5 nitrogen and oxygen atoms in total. The molecule has 0 aliphatic heterocycles. The third-order valence-corrected chi connectivity index (χ3v) is 3.67. The van der Waals surface area contributed by atoms with Crippen LogP contribution in [0.1, 0.15) is 11.3 Å². The van der Waals surface area contributed by atoms with Gasteiger partial charge in [-0.2, -0.15) is 0 Å². The standard InChI is InChI=1S/C11H11IN4O/c1-7-9(12)11(17)16(6-15-7)5-8-3-2-4-14-10(8)13/h2-4,6H,5H2,1H3,(H2,13,14). The van der Waals surface area contributed by atoms with E-state index in [9.17, 15) is 4.79 Å². The first-order chi connectivity index (χ1) is 8.09. The Morgan fingerprint density at radius 2 is 2.24 bits per heavy atom. The van der Waals surface area contributed by atoms with Gasteiger partial charge < -0.3 is 5.73 Å². The van der Waals surface area contributed by atoms with Gasteiger partial charge >= 0.3 is 0 Å². The Morgan fingerprint density at radius 1 is 1.47 bits per heavy atom. The summed E-state index contributed by atoms with van der Waals surface area (Å²) in [5, 5.41) is 0. The Balaban J connectivity index is 2.41. The number of hydrogen-bond donors (Lipinski definition) is 1. The molecule has 6 heteroatoms. The van der Waals surface area contributed by atoms with Gasteiger partial charge in [-0.05, 0) is 35.6 Å². The van der Waals surface area contributed by atoms with Crippen LogP contribution in [0, 0.1) is 10.5 Å². The highest BCUT2D eigenvalue weighted by Crippen LogP contribution is 2.09. The number of aryl methyl sites for hydroxylation is 1. The highest BCUT2D eigenvalue weighted by atomic mass is 127. The van der Waals surface area contributed by atoms with Gasteiger partial charge in [-0.3, -0.25) is 9.36 Å². The summed E-state index contributed by atoms with van der Waals surface area (Å²) in [5.41, 5.74) is 7.24. The summed E-state index contributed by atoms with van der Waals surface area (Å²) in [7, 11) is 0. The highest BCUT2D eigenvalue weighted by Gasteiger charge is 2.07. The molecule has 17 heavy (non-hydrogen) atoms. The van der Waals surface area contributed by atoms with E-state index in [4.69, 9.17) is 5.73 Å². The molecular formula is C11H11IN4O. The number of anilines is 1. The van der Waals surface area contributed by atoms with E-state index in [0.29, 0.717) is 15.9 Å². The van der Waals surface area contributed by atoms with Crippen LogP contribution in [0.15, 0.2) is 29.5 Å². The number of rotatable bonds is 2. The summed E-state index contributed by atoms with van der Waals surface area (Å²) in [6.07, 6.45) is 3.16. The van der Waals surface area contributed by atoms with Crippen molar-refractivity contribution in [2.24, 2.45) is 0 Å². The lowest BCUT2D eigenvalue weighted by atomic mass is 10.2. The maximum atomic E-state index is 12.0. The topological polar surface area (TPSA) is 73.8 Å². The smallest absolute Gasteiger partial charge is 0.267 e. The summed E-state index contributed by atoms with van der Waals surface area (Å²) in [4.78, 5) is 20.1. The number of nitrogens with two attached hydrogens (primary N) is 1. The molecule has 0 unspecified atom stereocenters. The van der Waals surface area contributed by atoms with Gasteiger partial charge in [0.15, 0.2) is 0 Å². The van der Waals surface area contributed by atoms with Crippen molar-refractivity contribution >= 4 is 28.4 Å². The third-order valence-electron chi connectivity index (χ3n) is 2.42. The predicted octanol–water partition coefficient (Wildman–Crippen LogP) is 1.18. The Bertz CT molecular complexity index is 609. The van der Waals surface area contributed by atoms with Crippen molar-refractivity contribution in [2.75, 3.05) is 5.73 Å². The number of aromatic nitrogens is 3. The molecule has 0 fully saturated rings. The molecule has 0 saturated heterocycles. The lowest BCUT2D eigenvalue weighted by molar-refractivity contribution is 0.723. The number of pyridine rings is 1. The summed E-state index contributed by atoms with van der Waals surface area (Å²) in [6, 6.07) is 3.64. The molecule has 0 radical (unpaired) electrons. The fourth-order valence-corrected chi connectivity index (χ4v) is 1.88. The summed E-state index contributed by atoms with van der Waals surface area (Å²) in [5.74, 6) is 0.440. The average Bonchev–Trinajstić information content (AvgIpc) is 2.32. The van der Waals surface area contributed by atoms with E-state index in [1.165, 1.54) is 10.9 Å². The van der Waals surface area contributed by atoms with Gasteiger partial charge in [-0.25, -0.2) is 9.97 Å². The van der Waals surface area contributed by atoms with Crippen LogP contribution in [0.3, 0.4) is 0 Å². The van der Waals surface area contributed by atoms with Crippen LogP contribution < -0.4 is 11.3 Å². The SMILES string of the molecule is Cc1ncn(Cc2cccnc2N)c(=O)c1I. The fourth-order valence-electron chi connectivity index (χ4n) is 1.43. The predicted molar refractivity (Wildman–Crippen MR) is 73.7 cm³/mol. The summed E-state index contributed by atoms with van der Waals surface area (Å²) >= 11 is 2.00. The number of hydrogen-bond acceptors (Lipinski definition) is 4. The van der Waals surface area contributed by atoms with Gasteiger partial charge in [0.1, 0.15) is 5.82 Å². The summed E-state index contributed by atoms with van der Waals surface area (Å²) in [6.45, 7) is 2.20. The van der Waals surface area contributed by atoms with E-state index >= 15 is 0 Å². The Morgan fingerprint density at radius 3 is 2.94 bits per heavy atom. The molecular weight excluding hydrogens is 331 g/mol. The van der Waals surface area contributed by atoms with Crippen molar-refractivity contribution in [3.63, 3.8) is 0 Å². The van der Waals surface area contributed by atoms with E-state index in [2.05, 4.69) is 9.97 Å². The van der Waals surface area contributed by atoms with Crippen LogP contribution in [0.4, 0.5) is 5.82 Å². The molecule has 0 atom stereocenters. The van der Waals surface area contributed by atoms with Gasteiger partial charge in [-0.1, -0.05) is 6.07 Å². The molecule has 2 aromatic heterocycles. The van der Waals surface area contributed by atoms with Crippen LogP contribution in [-0.4, -0.2) is 14.5 Å². The first-order valence-corrected chi connectivity index (χ1v) is 6.08. The molecule has 0 amide bonds. The molecule has 2 heterocycles. The second-order valence-electron chi connectivity index (χ2n) is 3.62. The minimum absolute atomic E-state index is 0.0543. The molecule has 0 bridgehead atoms. The van der Waals surface area contributed by atoms with Crippen LogP contribution in [-0.2, 0) is 6.54 Å².